The predicted molar refractivity (Wildman–Crippen MR) is 129 cm³/mol. The summed E-state index contributed by atoms with van der Waals surface area (Å²) >= 11 is 5.96. The number of amides is 1. The second-order valence-corrected chi connectivity index (χ2v) is 10.6. The highest BCUT2D eigenvalue weighted by Crippen LogP contribution is 2.27. The van der Waals surface area contributed by atoms with Gasteiger partial charge in [0.25, 0.3) is 0 Å². The highest BCUT2D eigenvalue weighted by molar-refractivity contribution is 7.89. The first-order valence-electron chi connectivity index (χ1n) is 11.4. The van der Waals surface area contributed by atoms with Gasteiger partial charge in [0.1, 0.15) is 6.04 Å². The summed E-state index contributed by atoms with van der Waals surface area (Å²) in [5.74, 6) is 0.728. The van der Waals surface area contributed by atoms with Gasteiger partial charge in [-0.1, -0.05) is 30.7 Å². The molecule has 1 atom stereocenters. The highest BCUT2D eigenvalue weighted by atomic mass is 35.5. The van der Waals surface area contributed by atoms with Gasteiger partial charge >= 0.3 is 0 Å². The van der Waals surface area contributed by atoms with E-state index in [2.05, 4.69) is 15.5 Å². The average molecular weight is 503 g/mol. The number of aromatic nitrogens is 2. The minimum Gasteiger partial charge on any atom is -0.421 e. The van der Waals surface area contributed by atoms with Crippen LogP contribution in [-0.2, 0) is 27.8 Å². The Labute approximate surface area is 204 Å². The molecule has 1 N–H and O–H groups in total. The lowest BCUT2D eigenvalue weighted by atomic mass is 10.1. The van der Waals surface area contributed by atoms with Gasteiger partial charge in [-0.05, 0) is 67.6 Å². The summed E-state index contributed by atoms with van der Waals surface area (Å²) in [4.78, 5) is 12.9. The van der Waals surface area contributed by atoms with Crippen LogP contribution in [0, 0.1) is 0 Å². The number of carbonyl (C=O) groups excluding carboxylic acids is 1. The third kappa shape index (κ3) is 5.48. The van der Waals surface area contributed by atoms with Crippen molar-refractivity contribution in [3.63, 3.8) is 0 Å². The maximum Gasteiger partial charge on any atom is 0.247 e. The Bertz CT molecular complexity index is 1230. The Kier molecular flexibility index (Phi) is 7.65. The molecule has 2 aromatic carbocycles. The van der Waals surface area contributed by atoms with E-state index in [1.807, 2.05) is 31.2 Å². The Balaban J connectivity index is 1.63. The molecule has 1 saturated heterocycles. The number of nitrogens with zero attached hydrogens (tertiary/aromatic N) is 3. The number of halogens is 1. The number of sulfonamides is 1. The molecule has 3 aromatic rings. The molecule has 180 valence electrons. The van der Waals surface area contributed by atoms with Crippen molar-refractivity contribution >= 4 is 27.5 Å². The molecule has 0 saturated carbocycles. The predicted octanol–water partition coefficient (Wildman–Crippen LogP) is 4.20. The van der Waals surface area contributed by atoms with Crippen molar-refractivity contribution in [2.75, 3.05) is 6.54 Å². The summed E-state index contributed by atoms with van der Waals surface area (Å²) in [6.07, 6.45) is 3.65. The van der Waals surface area contributed by atoms with Gasteiger partial charge in [0.2, 0.25) is 27.7 Å². The van der Waals surface area contributed by atoms with Crippen molar-refractivity contribution in [2.24, 2.45) is 0 Å². The molecule has 2 heterocycles. The normalized spacial score (nSPS) is 16.9. The topological polar surface area (TPSA) is 105 Å². The molecule has 34 heavy (non-hydrogen) atoms. The Morgan fingerprint density at radius 2 is 1.82 bits per heavy atom. The van der Waals surface area contributed by atoms with E-state index in [1.54, 1.807) is 0 Å². The minimum absolute atomic E-state index is 0.0498. The quantitative estimate of drug-likeness (QED) is 0.495. The summed E-state index contributed by atoms with van der Waals surface area (Å²) in [5, 5.41) is 11.4. The van der Waals surface area contributed by atoms with Crippen LogP contribution in [0.1, 0.15) is 44.1 Å². The van der Waals surface area contributed by atoms with E-state index in [4.69, 9.17) is 16.0 Å². The van der Waals surface area contributed by atoms with Crippen LogP contribution in [0.4, 0.5) is 0 Å². The van der Waals surface area contributed by atoms with E-state index in [-0.39, 0.29) is 17.3 Å². The van der Waals surface area contributed by atoms with Crippen LogP contribution >= 0.6 is 11.6 Å². The van der Waals surface area contributed by atoms with Crippen LogP contribution in [0.25, 0.3) is 11.5 Å². The summed E-state index contributed by atoms with van der Waals surface area (Å²) in [6.45, 7) is 2.63. The van der Waals surface area contributed by atoms with Crippen molar-refractivity contribution in [3.8, 4) is 11.5 Å². The van der Waals surface area contributed by atoms with E-state index >= 15 is 0 Å². The van der Waals surface area contributed by atoms with Gasteiger partial charge in [0.05, 0.1) is 4.90 Å². The van der Waals surface area contributed by atoms with E-state index in [1.165, 1.54) is 28.6 Å². The maximum atomic E-state index is 13.6. The minimum atomic E-state index is -3.96. The van der Waals surface area contributed by atoms with Crippen molar-refractivity contribution < 1.29 is 17.6 Å². The molecule has 1 aliphatic rings. The first-order valence-corrected chi connectivity index (χ1v) is 13.2. The molecule has 1 fully saturated rings. The molecule has 4 rings (SSSR count). The molecule has 1 amide bonds. The van der Waals surface area contributed by atoms with Crippen molar-refractivity contribution in [3.05, 3.63) is 65.0 Å². The van der Waals surface area contributed by atoms with E-state index in [0.29, 0.717) is 36.2 Å². The van der Waals surface area contributed by atoms with Gasteiger partial charge in [-0.2, -0.15) is 4.31 Å². The molecular formula is C24H27ClN4O4S. The summed E-state index contributed by atoms with van der Waals surface area (Å²) in [6, 6.07) is 12.5. The van der Waals surface area contributed by atoms with E-state index < -0.39 is 16.1 Å². The summed E-state index contributed by atoms with van der Waals surface area (Å²) in [5.41, 5.74) is 1.49. The molecule has 1 aromatic heterocycles. The lowest BCUT2D eigenvalue weighted by Gasteiger charge is -2.29. The second-order valence-electron chi connectivity index (χ2n) is 8.25. The van der Waals surface area contributed by atoms with Gasteiger partial charge in [0, 0.05) is 30.1 Å². The van der Waals surface area contributed by atoms with Gasteiger partial charge < -0.3 is 9.73 Å². The Morgan fingerprint density at radius 1 is 1.09 bits per heavy atom. The molecule has 0 radical (unpaired) electrons. The summed E-state index contributed by atoms with van der Waals surface area (Å²) < 4.78 is 34.2. The number of aryl methyl sites for hydroxylation is 1. The fourth-order valence-corrected chi connectivity index (χ4v) is 5.65. The maximum absolute atomic E-state index is 13.6. The van der Waals surface area contributed by atoms with Crippen LogP contribution < -0.4 is 5.32 Å². The Hall–Kier alpha value is -2.75. The summed E-state index contributed by atoms with van der Waals surface area (Å²) in [7, 11) is -3.96. The molecule has 0 unspecified atom stereocenters. The zero-order valence-corrected chi connectivity index (χ0v) is 20.5. The number of nitrogens with one attached hydrogen (secondary N) is 1. The lowest BCUT2D eigenvalue weighted by Crippen LogP contribution is -2.48. The fourth-order valence-electron chi connectivity index (χ4n) is 3.92. The zero-order chi connectivity index (χ0) is 24.1. The Morgan fingerprint density at radius 3 is 2.53 bits per heavy atom. The van der Waals surface area contributed by atoms with Crippen LogP contribution in [0.15, 0.2) is 57.8 Å². The fraction of sp³-hybridized carbons (Fsp3) is 0.375. The zero-order valence-electron chi connectivity index (χ0n) is 18.9. The monoisotopic (exact) mass is 502 g/mol. The number of hydrogen-bond donors (Lipinski definition) is 1. The molecule has 0 spiro atoms. The number of benzene rings is 2. The highest BCUT2D eigenvalue weighted by Gasteiger charge is 2.36. The van der Waals surface area contributed by atoms with Gasteiger partial charge in [0.15, 0.2) is 0 Å². The average Bonchev–Trinajstić information content (AvgIpc) is 3.19. The SMILES string of the molecule is CCCc1nnc(-c2ccc(CN([C@@H]3CCCCNC3=O)S(=O)(=O)c3ccc(Cl)cc3)cc2)o1. The largest absolute Gasteiger partial charge is 0.421 e. The van der Waals surface area contributed by atoms with Crippen molar-refractivity contribution in [1.82, 2.24) is 19.8 Å². The van der Waals surface area contributed by atoms with Crippen LogP contribution in [-0.4, -0.2) is 41.4 Å². The number of carbonyl (C=O) groups is 1. The smallest absolute Gasteiger partial charge is 0.247 e. The number of hydrogen-bond acceptors (Lipinski definition) is 6. The number of rotatable bonds is 8. The standard InChI is InChI=1S/C24H27ClN4O4S/c1-2-5-22-27-28-24(33-22)18-9-7-17(8-10-18)16-29(21-6-3-4-15-26-23(21)30)34(31,32)20-13-11-19(25)12-14-20/h7-14,21H,2-6,15-16H2,1H3,(H,26,30)/t21-/m1/s1. The molecule has 0 bridgehead atoms. The lowest BCUT2D eigenvalue weighted by molar-refractivity contribution is -0.124. The molecule has 10 heteroatoms. The molecule has 8 nitrogen and oxygen atoms in total. The molecular weight excluding hydrogens is 476 g/mol. The molecule has 1 aliphatic heterocycles. The third-order valence-electron chi connectivity index (χ3n) is 5.74. The molecule has 0 aliphatic carbocycles. The van der Waals surface area contributed by atoms with Gasteiger partial charge in [-0.3, -0.25) is 4.79 Å². The second kappa shape index (κ2) is 10.7. The van der Waals surface area contributed by atoms with Crippen LogP contribution in [0.2, 0.25) is 5.02 Å². The van der Waals surface area contributed by atoms with E-state index in [9.17, 15) is 13.2 Å². The van der Waals surface area contributed by atoms with Crippen molar-refractivity contribution in [1.29, 1.82) is 0 Å². The van der Waals surface area contributed by atoms with Crippen LogP contribution in [0.3, 0.4) is 0 Å². The van der Waals surface area contributed by atoms with Crippen molar-refractivity contribution in [2.45, 2.75) is 56.5 Å². The third-order valence-corrected chi connectivity index (χ3v) is 7.86. The first kappa shape index (κ1) is 24.4. The van der Waals surface area contributed by atoms with E-state index in [0.717, 1.165) is 30.4 Å². The van der Waals surface area contributed by atoms with Gasteiger partial charge in [-0.25, -0.2) is 8.42 Å². The van der Waals surface area contributed by atoms with Crippen LogP contribution in [0.5, 0.6) is 0 Å². The first-order chi connectivity index (χ1) is 16.4. The van der Waals surface area contributed by atoms with Gasteiger partial charge in [-0.15, -0.1) is 10.2 Å².